The second kappa shape index (κ2) is 8.59. The number of nitrogens with one attached hydrogen (secondary N) is 1. The van der Waals surface area contributed by atoms with Crippen molar-refractivity contribution >= 4 is 17.2 Å². The molecule has 32 heavy (non-hydrogen) atoms. The number of thiazole rings is 1. The number of nitrogens with zero attached hydrogens (tertiary/aromatic N) is 3. The van der Waals surface area contributed by atoms with Crippen LogP contribution in [0.25, 0.3) is 16.4 Å². The van der Waals surface area contributed by atoms with Crippen molar-refractivity contribution < 1.29 is 4.79 Å². The van der Waals surface area contributed by atoms with E-state index in [0.717, 1.165) is 29.9 Å². The second-order valence-electron chi connectivity index (χ2n) is 8.07. The zero-order chi connectivity index (χ0) is 22.1. The van der Waals surface area contributed by atoms with E-state index in [1.165, 1.54) is 27.1 Å². The molecule has 0 aliphatic carbocycles. The van der Waals surface area contributed by atoms with E-state index < -0.39 is 0 Å². The Hall–Kier alpha value is -3.45. The van der Waals surface area contributed by atoms with Crippen molar-refractivity contribution in [3.8, 4) is 16.4 Å². The summed E-state index contributed by atoms with van der Waals surface area (Å²) in [6, 6.07) is 18.2. The van der Waals surface area contributed by atoms with E-state index in [2.05, 4.69) is 22.2 Å². The van der Waals surface area contributed by atoms with Crippen LogP contribution in [0.5, 0.6) is 0 Å². The molecule has 3 heterocycles. The van der Waals surface area contributed by atoms with Crippen molar-refractivity contribution in [2.75, 3.05) is 6.54 Å². The average molecular weight is 445 g/mol. The van der Waals surface area contributed by atoms with Crippen molar-refractivity contribution in [2.24, 2.45) is 0 Å². The highest BCUT2D eigenvalue weighted by Crippen LogP contribution is 2.24. The van der Waals surface area contributed by atoms with Crippen LogP contribution in [0.4, 0.5) is 0 Å². The Bertz CT molecular complexity index is 1320. The number of rotatable bonds is 5. The predicted molar refractivity (Wildman–Crippen MR) is 126 cm³/mol. The maximum atomic E-state index is 13.1. The summed E-state index contributed by atoms with van der Waals surface area (Å²) in [5, 5.41) is 5.69. The summed E-state index contributed by atoms with van der Waals surface area (Å²) < 4.78 is 1.49. The lowest BCUT2D eigenvalue weighted by Gasteiger charge is -2.28. The lowest BCUT2D eigenvalue weighted by atomic mass is 9.99. The summed E-state index contributed by atoms with van der Waals surface area (Å²) in [5.74, 6) is 0.0895. The number of hydrogen-bond acceptors (Lipinski definition) is 4. The molecule has 0 fully saturated rings. The maximum Gasteiger partial charge on any atom is 0.276 e. The van der Waals surface area contributed by atoms with Gasteiger partial charge in [0.15, 0.2) is 0 Å². The van der Waals surface area contributed by atoms with Gasteiger partial charge in [0.2, 0.25) is 11.0 Å². The Kier molecular flexibility index (Phi) is 5.49. The van der Waals surface area contributed by atoms with Gasteiger partial charge in [0, 0.05) is 41.7 Å². The quantitative estimate of drug-likeness (QED) is 0.503. The van der Waals surface area contributed by atoms with Gasteiger partial charge in [0.1, 0.15) is 0 Å². The molecule has 7 heteroatoms. The zero-order valence-electron chi connectivity index (χ0n) is 17.9. The van der Waals surface area contributed by atoms with E-state index in [9.17, 15) is 9.59 Å². The number of carbonyl (C=O) groups excluding carboxylic acids is 1. The smallest absolute Gasteiger partial charge is 0.276 e. The third-order valence-electron chi connectivity index (χ3n) is 6.02. The molecule has 0 atom stereocenters. The molecule has 0 saturated heterocycles. The Morgan fingerprint density at radius 2 is 1.84 bits per heavy atom. The van der Waals surface area contributed by atoms with Crippen LogP contribution in [0.1, 0.15) is 28.8 Å². The fourth-order valence-corrected chi connectivity index (χ4v) is 5.01. The number of amides is 1. The fourth-order valence-electron chi connectivity index (χ4n) is 4.22. The molecule has 5 rings (SSSR count). The van der Waals surface area contributed by atoms with Crippen molar-refractivity contribution in [1.29, 1.82) is 0 Å². The zero-order valence-corrected chi connectivity index (χ0v) is 18.7. The van der Waals surface area contributed by atoms with Crippen LogP contribution in [0.2, 0.25) is 0 Å². The molecular weight excluding hydrogens is 420 g/mol. The fraction of sp³-hybridized carbons (Fsp3) is 0.240. The Morgan fingerprint density at radius 1 is 1.09 bits per heavy atom. The first-order valence-electron chi connectivity index (χ1n) is 10.8. The van der Waals surface area contributed by atoms with Crippen LogP contribution < -0.4 is 5.56 Å². The second-order valence-corrected chi connectivity index (χ2v) is 8.91. The molecule has 6 nitrogen and oxygen atoms in total. The van der Waals surface area contributed by atoms with Gasteiger partial charge in [-0.05, 0) is 30.9 Å². The third-order valence-corrected chi connectivity index (χ3v) is 6.84. The summed E-state index contributed by atoms with van der Waals surface area (Å²) in [7, 11) is 0. The van der Waals surface area contributed by atoms with E-state index in [0.29, 0.717) is 30.1 Å². The normalized spacial score (nSPS) is 13.2. The lowest BCUT2D eigenvalue weighted by molar-refractivity contribution is -0.132. The summed E-state index contributed by atoms with van der Waals surface area (Å²) in [4.78, 5) is 32.4. The number of hydrogen-bond donors (Lipinski definition) is 1. The molecule has 4 aromatic rings. The molecule has 0 saturated carbocycles. The molecule has 0 radical (unpaired) electrons. The standard InChI is InChI=1S/C25H24N4O2S/c1-17-21(11-12-23(30)28-14-13-18-7-5-6-10-20(18)15-28)24(31)29(27-17)25-26-22(16-32-25)19-8-3-2-4-9-19/h2-10,16,27H,11-15H2,1H3. The first-order valence-corrected chi connectivity index (χ1v) is 11.6. The Morgan fingerprint density at radius 3 is 2.66 bits per heavy atom. The molecule has 1 aliphatic rings. The minimum atomic E-state index is -0.131. The van der Waals surface area contributed by atoms with E-state index in [4.69, 9.17) is 0 Å². The molecule has 2 aromatic heterocycles. The Balaban J connectivity index is 1.30. The molecule has 1 aliphatic heterocycles. The lowest BCUT2D eigenvalue weighted by Crippen LogP contribution is -2.36. The first kappa shape index (κ1) is 20.5. The van der Waals surface area contributed by atoms with Crippen molar-refractivity contribution in [1.82, 2.24) is 19.7 Å². The van der Waals surface area contributed by atoms with Crippen LogP contribution >= 0.6 is 11.3 Å². The minimum Gasteiger partial charge on any atom is -0.338 e. The van der Waals surface area contributed by atoms with Crippen LogP contribution in [0.15, 0.2) is 64.8 Å². The molecule has 162 valence electrons. The highest BCUT2D eigenvalue weighted by atomic mass is 32.1. The van der Waals surface area contributed by atoms with E-state index in [1.807, 2.05) is 59.7 Å². The van der Waals surface area contributed by atoms with Gasteiger partial charge in [-0.2, -0.15) is 4.68 Å². The molecule has 1 amide bonds. The summed E-state index contributed by atoms with van der Waals surface area (Å²) in [6.45, 7) is 3.25. The Labute approximate surface area is 190 Å². The number of fused-ring (bicyclic) bond motifs is 1. The van der Waals surface area contributed by atoms with Gasteiger partial charge in [-0.25, -0.2) is 4.98 Å². The summed E-state index contributed by atoms with van der Waals surface area (Å²) >= 11 is 1.42. The van der Waals surface area contributed by atoms with Crippen LogP contribution in [0, 0.1) is 6.92 Å². The van der Waals surface area contributed by atoms with Gasteiger partial charge in [0.25, 0.3) is 5.56 Å². The predicted octanol–water partition coefficient (Wildman–Crippen LogP) is 4.12. The van der Waals surface area contributed by atoms with Crippen LogP contribution in [0.3, 0.4) is 0 Å². The maximum absolute atomic E-state index is 13.1. The molecule has 2 aromatic carbocycles. The number of aryl methyl sites for hydroxylation is 1. The summed E-state index contributed by atoms with van der Waals surface area (Å²) in [6.07, 6.45) is 1.62. The van der Waals surface area contributed by atoms with Gasteiger partial charge in [0.05, 0.1) is 5.69 Å². The monoisotopic (exact) mass is 444 g/mol. The number of aromatic amines is 1. The minimum absolute atomic E-state index is 0.0895. The van der Waals surface area contributed by atoms with Crippen molar-refractivity contribution in [3.05, 3.63) is 92.7 Å². The highest BCUT2D eigenvalue weighted by molar-refractivity contribution is 7.12. The molecule has 0 bridgehead atoms. The van der Waals surface area contributed by atoms with Crippen LogP contribution in [-0.2, 0) is 24.2 Å². The van der Waals surface area contributed by atoms with Gasteiger partial charge in [-0.1, -0.05) is 54.6 Å². The SMILES string of the molecule is Cc1[nH]n(-c2nc(-c3ccccc3)cs2)c(=O)c1CCC(=O)N1CCc2ccccc2C1. The van der Waals surface area contributed by atoms with Crippen molar-refractivity contribution in [3.63, 3.8) is 0 Å². The molecule has 0 unspecified atom stereocenters. The number of benzene rings is 2. The molecule has 1 N–H and O–H groups in total. The summed E-state index contributed by atoms with van der Waals surface area (Å²) in [5.41, 5.74) is 5.68. The molecular formula is C25H24N4O2S. The van der Waals surface area contributed by atoms with Gasteiger partial charge >= 0.3 is 0 Å². The molecule has 0 spiro atoms. The van der Waals surface area contributed by atoms with E-state index >= 15 is 0 Å². The highest BCUT2D eigenvalue weighted by Gasteiger charge is 2.22. The van der Waals surface area contributed by atoms with Crippen LogP contribution in [-0.4, -0.2) is 32.1 Å². The average Bonchev–Trinajstić information content (AvgIpc) is 3.42. The van der Waals surface area contributed by atoms with E-state index in [-0.39, 0.29) is 11.5 Å². The van der Waals surface area contributed by atoms with E-state index in [1.54, 1.807) is 0 Å². The van der Waals surface area contributed by atoms with Crippen molar-refractivity contribution in [2.45, 2.75) is 32.7 Å². The number of H-pyrrole nitrogens is 1. The third kappa shape index (κ3) is 3.91. The number of aromatic nitrogens is 3. The van der Waals surface area contributed by atoms with Gasteiger partial charge < -0.3 is 4.90 Å². The van der Waals surface area contributed by atoms with Gasteiger partial charge in [-0.15, -0.1) is 11.3 Å². The first-order chi connectivity index (χ1) is 15.6. The topological polar surface area (TPSA) is 71.0 Å². The number of carbonyl (C=O) groups is 1. The largest absolute Gasteiger partial charge is 0.338 e. The van der Waals surface area contributed by atoms with Gasteiger partial charge in [-0.3, -0.25) is 14.7 Å².